The molecule has 1 aromatic heterocycles. The molecule has 0 radical (unpaired) electrons. The SMILES string of the molecule is CNC(=O)c1cnc(/C=C/c2ccc(OCC(=O)O)c(Br)c2)s1. The Balaban J connectivity index is 2.07. The molecule has 0 aliphatic carbocycles. The number of thiazole rings is 1. The number of halogens is 1. The van der Waals surface area contributed by atoms with E-state index in [9.17, 15) is 9.59 Å². The molecule has 0 unspecified atom stereocenters. The first kappa shape index (κ1) is 17.2. The maximum atomic E-state index is 11.5. The highest BCUT2D eigenvalue weighted by molar-refractivity contribution is 9.10. The number of aliphatic carboxylic acids is 1. The zero-order valence-corrected chi connectivity index (χ0v) is 14.5. The van der Waals surface area contributed by atoms with Crippen molar-refractivity contribution >= 4 is 51.3 Å². The van der Waals surface area contributed by atoms with Gasteiger partial charge in [0.15, 0.2) is 6.61 Å². The fourth-order valence-electron chi connectivity index (χ4n) is 1.64. The molecule has 1 heterocycles. The van der Waals surface area contributed by atoms with Gasteiger partial charge in [0.25, 0.3) is 5.91 Å². The standard InChI is InChI=1S/C15H13BrN2O4S/c1-17-15(21)12-7-18-13(23-12)5-3-9-2-4-11(10(16)6-9)22-8-14(19)20/h2-7H,8H2,1H3,(H,17,21)(H,19,20)/b5-3+. The number of carbonyl (C=O) groups is 2. The second kappa shape index (κ2) is 7.89. The van der Waals surface area contributed by atoms with Gasteiger partial charge in [-0.3, -0.25) is 4.79 Å². The van der Waals surface area contributed by atoms with E-state index in [2.05, 4.69) is 26.2 Å². The molecular formula is C15H13BrN2O4S. The van der Waals surface area contributed by atoms with Gasteiger partial charge in [-0.1, -0.05) is 12.1 Å². The number of benzene rings is 1. The van der Waals surface area contributed by atoms with E-state index in [4.69, 9.17) is 9.84 Å². The second-order valence-electron chi connectivity index (χ2n) is 4.35. The molecular weight excluding hydrogens is 384 g/mol. The highest BCUT2D eigenvalue weighted by atomic mass is 79.9. The van der Waals surface area contributed by atoms with Crippen LogP contribution in [0.25, 0.3) is 12.2 Å². The number of rotatable bonds is 6. The summed E-state index contributed by atoms with van der Waals surface area (Å²) in [5.74, 6) is -0.734. The van der Waals surface area contributed by atoms with Gasteiger partial charge in [0.1, 0.15) is 15.6 Å². The first-order valence-corrected chi connectivity index (χ1v) is 8.10. The van der Waals surface area contributed by atoms with Crippen LogP contribution in [0.3, 0.4) is 0 Å². The van der Waals surface area contributed by atoms with E-state index < -0.39 is 12.6 Å². The van der Waals surface area contributed by atoms with Crippen molar-refractivity contribution in [3.8, 4) is 5.75 Å². The van der Waals surface area contributed by atoms with E-state index >= 15 is 0 Å². The summed E-state index contributed by atoms with van der Waals surface area (Å²) >= 11 is 4.63. The van der Waals surface area contributed by atoms with Crippen LogP contribution in [0.4, 0.5) is 0 Å². The van der Waals surface area contributed by atoms with E-state index in [1.54, 1.807) is 31.3 Å². The third-order valence-electron chi connectivity index (χ3n) is 2.70. The number of nitrogens with one attached hydrogen (secondary N) is 1. The number of carboxylic acid groups (broad SMARTS) is 1. The zero-order valence-electron chi connectivity index (χ0n) is 12.1. The van der Waals surface area contributed by atoms with Crippen molar-refractivity contribution in [1.82, 2.24) is 10.3 Å². The van der Waals surface area contributed by atoms with Crippen molar-refractivity contribution in [2.45, 2.75) is 0 Å². The van der Waals surface area contributed by atoms with Crippen LogP contribution in [0, 0.1) is 0 Å². The number of carbonyl (C=O) groups excluding carboxylic acids is 1. The predicted octanol–water partition coefficient (Wildman–Crippen LogP) is 2.90. The lowest BCUT2D eigenvalue weighted by Crippen LogP contribution is -2.16. The van der Waals surface area contributed by atoms with Gasteiger partial charge in [0, 0.05) is 7.05 Å². The average molecular weight is 397 g/mol. The molecule has 120 valence electrons. The van der Waals surface area contributed by atoms with E-state index in [0.29, 0.717) is 20.1 Å². The first-order valence-electron chi connectivity index (χ1n) is 6.49. The maximum Gasteiger partial charge on any atom is 0.341 e. The first-order chi connectivity index (χ1) is 11.0. The molecule has 2 N–H and O–H groups in total. The van der Waals surface area contributed by atoms with Gasteiger partial charge in [-0.05, 0) is 39.7 Å². The summed E-state index contributed by atoms with van der Waals surface area (Å²) in [4.78, 5) is 26.7. The third kappa shape index (κ3) is 4.90. The quantitative estimate of drug-likeness (QED) is 0.783. The molecule has 0 fully saturated rings. The fraction of sp³-hybridized carbons (Fsp3) is 0.133. The zero-order chi connectivity index (χ0) is 16.8. The number of hydrogen-bond acceptors (Lipinski definition) is 5. The molecule has 0 saturated heterocycles. The fourth-order valence-corrected chi connectivity index (χ4v) is 2.92. The second-order valence-corrected chi connectivity index (χ2v) is 6.26. The van der Waals surface area contributed by atoms with E-state index in [0.717, 1.165) is 5.56 Å². The molecule has 2 aromatic rings. The van der Waals surface area contributed by atoms with Crippen LogP contribution < -0.4 is 10.1 Å². The summed E-state index contributed by atoms with van der Waals surface area (Å²) in [6, 6.07) is 5.29. The predicted molar refractivity (Wildman–Crippen MR) is 91.7 cm³/mol. The largest absolute Gasteiger partial charge is 0.481 e. The maximum absolute atomic E-state index is 11.5. The summed E-state index contributed by atoms with van der Waals surface area (Å²) in [5.41, 5.74) is 0.885. The summed E-state index contributed by atoms with van der Waals surface area (Å²) in [7, 11) is 1.57. The Kier molecular flexibility index (Phi) is 5.89. The van der Waals surface area contributed by atoms with Crippen molar-refractivity contribution in [2.75, 3.05) is 13.7 Å². The van der Waals surface area contributed by atoms with Crippen molar-refractivity contribution in [2.24, 2.45) is 0 Å². The van der Waals surface area contributed by atoms with E-state index in [1.165, 1.54) is 17.5 Å². The number of amides is 1. The van der Waals surface area contributed by atoms with Crippen LogP contribution >= 0.6 is 27.3 Å². The van der Waals surface area contributed by atoms with E-state index in [1.807, 2.05) is 6.08 Å². The van der Waals surface area contributed by atoms with Gasteiger partial charge in [-0.25, -0.2) is 9.78 Å². The normalized spacial score (nSPS) is 10.7. The van der Waals surface area contributed by atoms with Crippen LogP contribution in [-0.2, 0) is 4.79 Å². The van der Waals surface area contributed by atoms with Gasteiger partial charge >= 0.3 is 5.97 Å². The number of carboxylic acids is 1. The molecule has 0 spiro atoms. The molecule has 2 rings (SSSR count). The highest BCUT2D eigenvalue weighted by Crippen LogP contribution is 2.27. The molecule has 0 atom stereocenters. The summed E-state index contributed by atoms with van der Waals surface area (Å²) < 4.78 is 5.79. The van der Waals surface area contributed by atoms with Crippen LogP contribution in [0.5, 0.6) is 5.75 Å². The van der Waals surface area contributed by atoms with Crippen LogP contribution in [0.15, 0.2) is 28.9 Å². The molecule has 1 amide bonds. The molecule has 0 aliphatic heterocycles. The van der Waals surface area contributed by atoms with Crippen molar-refractivity contribution in [3.05, 3.63) is 44.3 Å². The van der Waals surface area contributed by atoms with Crippen LogP contribution in [0.1, 0.15) is 20.2 Å². The Morgan fingerprint density at radius 1 is 1.43 bits per heavy atom. The van der Waals surface area contributed by atoms with Crippen LogP contribution in [0.2, 0.25) is 0 Å². The Labute approximate surface area is 144 Å². The molecule has 23 heavy (non-hydrogen) atoms. The van der Waals surface area contributed by atoms with E-state index in [-0.39, 0.29) is 5.91 Å². The van der Waals surface area contributed by atoms with Gasteiger partial charge in [-0.15, -0.1) is 11.3 Å². The number of ether oxygens (including phenoxy) is 1. The molecule has 8 heteroatoms. The lowest BCUT2D eigenvalue weighted by molar-refractivity contribution is -0.139. The Hall–Kier alpha value is -2.19. The summed E-state index contributed by atoms with van der Waals surface area (Å²) in [6.07, 6.45) is 5.18. The number of aromatic nitrogens is 1. The third-order valence-corrected chi connectivity index (χ3v) is 4.28. The average Bonchev–Trinajstić information content (AvgIpc) is 3.00. The lowest BCUT2D eigenvalue weighted by atomic mass is 10.2. The van der Waals surface area contributed by atoms with Gasteiger partial charge in [-0.2, -0.15) is 0 Å². The topological polar surface area (TPSA) is 88.5 Å². The Morgan fingerprint density at radius 2 is 2.22 bits per heavy atom. The van der Waals surface area contributed by atoms with Crippen molar-refractivity contribution < 1.29 is 19.4 Å². The Morgan fingerprint density at radius 3 is 2.87 bits per heavy atom. The minimum atomic E-state index is -1.03. The summed E-state index contributed by atoms with van der Waals surface area (Å²) in [6.45, 7) is -0.394. The number of hydrogen-bond donors (Lipinski definition) is 2. The van der Waals surface area contributed by atoms with Crippen molar-refractivity contribution in [1.29, 1.82) is 0 Å². The smallest absolute Gasteiger partial charge is 0.341 e. The molecule has 0 aliphatic rings. The van der Waals surface area contributed by atoms with Crippen LogP contribution in [-0.4, -0.2) is 35.6 Å². The van der Waals surface area contributed by atoms with Gasteiger partial charge in [0.2, 0.25) is 0 Å². The number of nitrogens with zero attached hydrogens (tertiary/aromatic N) is 1. The molecule has 0 bridgehead atoms. The molecule has 1 aromatic carbocycles. The minimum Gasteiger partial charge on any atom is -0.481 e. The molecule has 6 nitrogen and oxygen atoms in total. The minimum absolute atomic E-state index is 0.162. The monoisotopic (exact) mass is 396 g/mol. The lowest BCUT2D eigenvalue weighted by Gasteiger charge is -2.06. The summed E-state index contributed by atoms with van der Waals surface area (Å²) in [5, 5.41) is 11.9. The van der Waals surface area contributed by atoms with Gasteiger partial charge < -0.3 is 15.2 Å². The van der Waals surface area contributed by atoms with Gasteiger partial charge in [0.05, 0.1) is 10.7 Å². The Bertz CT molecular complexity index is 758. The molecule has 0 saturated carbocycles. The highest BCUT2D eigenvalue weighted by Gasteiger charge is 2.07. The van der Waals surface area contributed by atoms with Crippen molar-refractivity contribution in [3.63, 3.8) is 0 Å².